The quantitative estimate of drug-likeness (QED) is 0.148. The molecule has 2 aliphatic carbocycles. The first-order valence-corrected chi connectivity index (χ1v) is 19.1. The fourth-order valence-electron chi connectivity index (χ4n) is 7.82. The lowest BCUT2D eigenvalue weighted by atomic mass is 9.71. The molecule has 0 bridgehead atoms. The van der Waals surface area contributed by atoms with Crippen LogP contribution in [0, 0.1) is 17.8 Å². The van der Waals surface area contributed by atoms with Gasteiger partial charge in [-0.05, 0) is 103 Å². The molecule has 55 heavy (non-hydrogen) atoms. The number of carboxylic acids is 1. The van der Waals surface area contributed by atoms with Crippen LogP contribution >= 0.6 is 11.6 Å². The molecule has 4 aromatic rings. The standard InChI is InChI=1S/C43H44ClF3N4O4/c1-2-27-3-7-29(8-4-27)30-11-13-31(14-12-30)35-23-48-41(49-24-35)32-9-5-28(6-10-32)25-51(26-40(53)54)42(55)33-16-19-37(20-17-33)50-39(52)21-34-15-18-36(44)22-38(34)43(45,46)47/h5-6,9-10,13,15-20,22-24,27,29-30H,2-4,7-8,11-12,14,21,25-26H2,1H3,(H,50,52)(H,53,54)/t27-,29-,30?. The molecule has 0 spiro atoms. The number of anilines is 1. The molecule has 288 valence electrons. The summed E-state index contributed by atoms with van der Waals surface area (Å²) in [5.41, 5.74) is 3.03. The Morgan fingerprint density at radius 3 is 2.18 bits per heavy atom. The molecule has 1 heterocycles. The summed E-state index contributed by atoms with van der Waals surface area (Å²) in [5.74, 6) is 0.669. The smallest absolute Gasteiger partial charge is 0.416 e. The monoisotopic (exact) mass is 772 g/mol. The molecule has 1 atom stereocenters. The molecular formula is C43H44ClF3N4O4. The summed E-state index contributed by atoms with van der Waals surface area (Å²) < 4.78 is 40.4. The van der Waals surface area contributed by atoms with E-state index in [0.717, 1.165) is 53.9 Å². The second kappa shape index (κ2) is 17.6. The first kappa shape index (κ1) is 39.7. The highest BCUT2D eigenvalue weighted by molar-refractivity contribution is 6.30. The lowest BCUT2D eigenvalue weighted by Gasteiger charge is -2.35. The number of aliphatic carboxylic acids is 1. The van der Waals surface area contributed by atoms with Gasteiger partial charge in [0.1, 0.15) is 6.54 Å². The third kappa shape index (κ3) is 10.4. The second-order valence-corrected chi connectivity index (χ2v) is 15.0. The molecule has 1 unspecified atom stereocenters. The number of nitrogens with zero attached hydrogens (tertiary/aromatic N) is 3. The molecule has 1 aromatic heterocycles. The summed E-state index contributed by atoms with van der Waals surface area (Å²) in [6.45, 7) is 1.77. The molecule has 0 radical (unpaired) electrons. The number of hydrogen-bond donors (Lipinski definition) is 2. The Kier molecular flexibility index (Phi) is 12.7. The Balaban J connectivity index is 1.04. The van der Waals surface area contributed by atoms with Crippen LogP contribution < -0.4 is 5.32 Å². The van der Waals surface area contributed by atoms with Gasteiger partial charge in [-0.2, -0.15) is 13.2 Å². The summed E-state index contributed by atoms with van der Waals surface area (Å²) >= 11 is 5.73. The number of rotatable bonds is 12. The van der Waals surface area contributed by atoms with E-state index in [2.05, 4.69) is 28.3 Å². The third-order valence-electron chi connectivity index (χ3n) is 11.0. The summed E-state index contributed by atoms with van der Waals surface area (Å²) in [5, 5.41) is 12.0. The Morgan fingerprint density at radius 2 is 1.58 bits per heavy atom. The average molecular weight is 773 g/mol. The number of carboxylic acid groups (broad SMARTS) is 1. The van der Waals surface area contributed by atoms with Gasteiger partial charge in [-0.25, -0.2) is 9.97 Å². The van der Waals surface area contributed by atoms with Crippen LogP contribution in [-0.4, -0.2) is 44.3 Å². The Labute approximate surface area is 323 Å². The van der Waals surface area contributed by atoms with Crippen LogP contribution in [0.3, 0.4) is 0 Å². The van der Waals surface area contributed by atoms with Crippen LogP contribution in [0.25, 0.3) is 17.0 Å². The molecule has 1 saturated carbocycles. The minimum atomic E-state index is -4.68. The maximum atomic E-state index is 13.5. The van der Waals surface area contributed by atoms with Crippen molar-refractivity contribution in [2.45, 2.75) is 77.4 Å². The number of hydrogen-bond acceptors (Lipinski definition) is 5. The maximum absolute atomic E-state index is 13.5. The molecule has 1 fully saturated rings. The Bertz CT molecular complexity index is 2010. The first-order valence-electron chi connectivity index (χ1n) is 18.7. The number of amides is 2. The van der Waals surface area contributed by atoms with Gasteiger partial charge in [0.15, 0.2) is 5.82 Å². The first-order chi connectivity index (χ1) is 26.4. The summed E-state index contributed by atoms with van der Waals surface area (Å²) in [7, 11) is 0. The molecule has 8 nitrogen and oxygen atoms in total. The Hall–Kier alpha value is -5.03. The van der Waals surface area contributed by atoms with Gasteiger partial charge in [-0.1, -0.05) is 74.2 Å². The van der Waals surface area contributed by atoms with E-state index in [0.29, 0.717) is 11.4 Å². The molecule has 2 aliphatic rings. The van der Waals surface area contributed by atoms with Crippen LogP contribution in [0.4, 0.5) is 18.9 Å². The molecule has 2 amide bonds. The SMILES string of the molecule is CC[C@H]1CC[C@H](C2CC=C(c3cnc(-c4ccc(CN(CC(=O)O)C(=O)c5ccc(NC(=O)Cc6ccc(Cl)cc6C(F)(F)F)cc5)cc4)nc3)CC2)CC1. The van der Waals surface area contributed by atoms with Gasteiger partial charge in [-0.3, -0.25) is 14.4 Å². The molecule has 3 aromatic carbocycles. The van der Waals surface area contributed by atoms with Crippen molar-refractivity contribution in [3.8, 4) is 11.4 Å². The largest absolute Gasteiger partial charge is 0.480 e. The molecule has 2 N–H and O–H groups in total. The van der Waals surface area contributed by atoms with Crippen molar-refractivity contribution < 1.29 is 32.7 Å². The van der Waals surface area contributed by atoms with Crippen LogP contribution in [0.15, 0.2) is 85.2 Å². The fourth-order valence-corrected chi connectivity index (χ4v) is 7.99. The van der Waals surface area contributed by atoms with Gasteiger partial charge < -0.3 is 15.3 Å². The summed E-state index contributed by atoms with van der Waals surface area (Å²) in [6.07, 6.45) is 11.1. The summed E-state index contributed by atoms with van der Waals surface area (Å²) in [4.78, 5) is 48.2. The van der Waals surface area contributed by atoms with Crippen molar-refractivity contribution in [2.24, 2.45) is 17.8 Å². The van der Waals surface area contributed by atoms with Crippen LogP contribution in [-0.2, 0) is 28.7 Å². The number of benzene rings is 3. The van der Waals surface area contributed by atoms with Gasteiger partial charge >= 0.3 is 12.1 Å². The minimum Gasteiger partial charge on any atom is -0.480 e. The zero-order valence-electron chi connectivity index (χ0n) is 30.6. The molecule has 0 aliphatic heterocycles. The number of nitrogens with one attached hydrogen (secondary N) is 1. The molecular weight excluding hydrogens is 729 g/mol. The lowest BCUT2D eigenvalue weighted by molar-refractivity contribution is -0.139. The van der Waals surface area contributed by atoms with E-state index in [1.165, 1.54) is 79.3 Å². The maximum Gasteiger partial charge on any atom is 0.416 e. The van der Waals surface area contributed by atoms with Gasteiger partial charge in [0.25, 0.3) is 5.91 Å². The number of aromatic nitrogens is 2. The third-order valence-corrected chi connectivity index (χ3v) is 11.2. The highest BCUT2D eigenvalue weighted by Gasteiger charge is 2.34. The van der Waals surface area contributed by atoms with Crippen molar-refractivity contribution in [3.63, 3.8) is 0 Å². The molecule has 0 saturated heterocycles. The highest BCUT2D eigenvalue weighted by Crippen LogP contribution is 2.42. The zero-order chi connectivity index (χ0) is 39.1. The van der Waals surface area contributed by atoms with Crippen molar-refractivity contribution in [1.29, 1.82) is 0 Å². The van der Waals surface area contributed by atoms with E-state index in [-0.39, 0.29) is 28.4 Å². The van der Waals surface area contributed by atoms with E-state index in [9.17, 15) is 32.7 Å². The highest BCUT2D eigenvalue weighted by atomic mass is 35.5. The van der Waals surface area contributed by atoms with Crippen LogP contribution in [0.2, 0.25) is 5.02 Å². The number of carbonyl (C=O) groups is 3. The predicted molar refractivity (Wildman–Crippen MR) is 206 cm³/mol. The average Bonchev–Trinajstić information content (AvgIpc) is 3.18. The fraction of sp³-hybridized carbons (Fsp3) is 0.372. The van der Waals surface area contributed by atoms with Crippen molar-refractivity contribution in [2.75, 3.05) is 11.9 Å². The van der Waals surface area contributed by atoms with E-state index < -0.39 is 42.5 Å². The van der Waals surface area contributed by atoms with Crippen LogP contribution in [0.1, 0.15) is 90.9 Å². The minimum absolute atomic E-state index is 0.0154. The van der Waals surface area contributed by atoms with Crippen molar-refractivity contribution >= 4 is 40.6 Å². The number of alkyl halides is 3. The van der Waals surface area contributed by atoms with E-state index in [4.69, 9.17) is 11.6 Å². The summed E-state index contributed by atoms with van der Waals surface area (Å²) in [6, 6.07) is 16.2. The molecule has 6 rings (SSSR count). The predicted octanol–water partition coefficient (Wildman–Crippen LogP) is 10.1. The number of halogens is 4. The topological polar surface area (TPSA) is 112 Å². The molecule has 12 heteroatoms. The van der Waals surface area contributed by atoms with E-state index >= 15 is 0 Å². The van der Waals surface area contributed by atoms with E-state index in [1.54, 1.807) is 12.1 Å². The Morgan fingerprint density at radius 1 is 0.891 bits per heavy atom. The van der Waals surface area contributed by atoms with Crippen molar-refractivity contribution in [1.82, 2.24) is 14.9 Å². The van der Waals surface area contributed by atoms with Gasteiger partial charge in [0.05, 0.1) is 12.0 Å². The van der Waals surface area contributed by atoms with Crippen molar-refractivity contribution in [3.05, 3.63) is 118 Å². The zero-order valence-corrected chi connectivity index (χ0v) is 31.4. The van der Waals surface area contributed by atoms with Gasteiger partial charge in [0.2, 0.25) is 5.91 Å². The van der Waals surface area contributed by atoms with E-state index in [1.807, 2.05) is 24.5 Å². The normalized spacial score (nSPS) is 18.6. The van der Waals surface area contributed by atoms with Gasteiger partial charge in [-0.15, -0.1) is 0 Å². The lowest BCUT2D eigenvalue weighted by Crippen LogP contribution is -2.35. The number of allylic oxidation sites excluding steroid dienone is 2. The number of carbonyl (C=O) groups excluding carboxylic acids is 2. The van der Waals surface area contributed by atoms with Crippen LogP contribution in [0.5, 0.6) is 0 Å². The second-order valence-electron chi connectivity index (χ2n) is 14.6. The van der Waals surface area contributed by atoms with Gasteiger partial charge in [0, 0.05) is 46.3 Å².